The van der Waals surface area contributed by atoms with Crippen LogP contribution in [0.5, 0.6) is 0 Å². The van der Waals surface area contributed by atoms with E-state index in [4.69, 9.17) is 10.8 Å². The molecule has 2 unspecified atom stereocenters. The van der Waals surface area contributed by atoms with Gasteiger partial charge in [-0.3, -0.25) is 4.79 Å². The molecule has 0 aliphatic carbocycles. The highest BCUT2D eigenvalue weighted by Crippen LogP contribution is 2.38. The van der Waals surface area contributed by atoms with Crippen molar-refractivity contribution in [1.82, 2.24) is 4.90 Å². The molecule has 12 heavy (non-hydrogen) atoms. The number of thioether (sulfide) groups is 1. The first-order valence-corrected chi connectivity index (χ1v) is 4.60. The molecule has 0 bridgehead atoms. The first-order valence-electron chi connectivity index (χ1n) is 3.55. The lowest BCUT2D eigenvalue weighted by atomic mass is 10.1. The maximum atomic E-state index is 11.1. The summed E-state index contributed by atoms with van der Waals surface area (Å²) in [4.78, 5) is 23.0. The van der Waals surface area contributed by atoms with Gasteiger partial charge in [-0.1, -0.05) is 0 Å². The van der Waals surface area contributed by atoms with Crippen molar-refractivity contribution in [3.63, 3.8) is 0 Å². The Hall–Kier alpha value is -0.750. The van der Waals surface area contributed by atoms with Crippen LogP contribution in [0.4, 0.5) is 0 Å². The van der Waals surface area contributed by atoms with Crippen LogP contribution in [0.25, 0.3) is 0 Å². The molecule has 0 aromatic rings. The number of nitrogens with two attached hydrogens (primary N) is 1. The highest BCUT2D eigenvalue weighted by Gasteiger charge is 2.55. The van der Waals surface area contributed by atoms with Gasteiger partial charge in [0, 0.05) is 5.75 Å². The summed E-state index contributed by atoms with van der Waals surface area (Å²) >= 11 is 1.44. The van der Waals surface area contributed by atoms with Crippen LogP contribution in [0.15, 0.2) is 0 Å². The van der Waals surface area contributed by atoms with Gasteiger partial charge in [0.15, 0.2) is 0 Å². The predicted octanol–water partition coefficient (Wildman–Crippen LogP) is -1.32. The number of hydrogen-bond donors (Lipinski definition) is 2. The third kappa shape index (κ3) is 0.789. The topological polar surface area (TPSA) is 83.6 Å². The monoisotopic (exact) mass is 188 g/mol. The Morgan fingerprint density at radius 3 is 3.00 bits per heavy atom. The summed E-state index contributed by atoms with van der Waals surface area (Å²) in [7, 11) is 0. The zero-order valence-corrected chi connectivity index (χ0v) is 6.95. The maximum absolute atomic E-state index is 11.1. The van der Waals surface area contributed by atoms with E-state index in [1.165, 1.54) is 16.7 Å². The van der Waals surface area contributed by atoms with Crippen molar-refractivity contribution in [2.75, 3.05) is 5.75 Å². The molecule has 2 rings (SSSR count). The number of rotatable bonds is 1. The van der Waals surface area contributed by atoms with Crippen LogP contribution in [0.3, 0.4) is 0 Å². The minimum atomic E-state index is -0.940. The third-order valence-electron chi connectivity index (χ3n) is 2.17. The molecule has 0 aromatic carbocycles. The van der Waals surface area contributed by atoms with Gasteiger partial charge in [0.2, 0.25) is 5.91 Å². The first kappa shape index (κ1) is 7.88. The minimum absolute atomic E-state index is 0.0985. The van der Waals surface area contributed by atoms with Crippen molar-refractivity contribution in [3.05, 3.63) is 0 Å². The summed E-state index contributed by atoms with van der Waals surface area (Å²) < 4.78 is 0. The lowest BCUT2D eigenvalue weighted by Crippen LogP contribution is -2.68. The Labute approximate surface area is 72.9 Å². The van der Waals surface area contributed by atoms with Gasteiger partial charge in [0.05, 0.1) is 0 Å². The summed E-state index contributed by atoms with van der Waals surface area (Å²) in [5, 5.41) is 8.59. The van der Waals surface area contributed by atoms with Crippen LogP contribution in [0.2, 0.25) is 0 Å². The fourth-order valence-electron chi connectivity index (χ4n) is 1.49. The number of carbonyl (C=O) groups is 2. The van der Waals surface area contributed by atoms with Crippen molar-refractivity contribution in [2.24, 2.45) is 5.73 Å². The van der Waals surface area contributed by atoms with E-state index in [9.17, 15) is 9.59 Å². The summed E-state index contributed by atoms with van der Waals surface area (Å²) in [6.45, 7) is 0. The normalized spacial score (nSPS) is 39.2. The van der Waals surface area contributed by atoms with Crippen molar-refractivity contribution < 1.29 is 14.7 Å². The molecule has 0 aromatic heterocycles. The second-order valence-electron chi connectivity index (χ2n) is 2.85. The molecule has 3 atom stereocenters. The molecular weight excluding hydrogens is 180 g/mol. The average Bonchev–Trinajstić information content (AvgIpc) is 2.43. The number of amides is 1. The molecule has 6 heteroatoms. The SMILES string of the molecule is NC1C(=O)N2C(C(=O)O)CS[C@H]12. The summed E-state index contributed by atoms with van der Waals surface area (Å²) in [5.41, 5.74) is 5.46. The fourth-order valence-corrected chi connectivity index (χ4v) is 2.90. The molecule has 1 amide bonds. The van der Waals surface area contributed by atoms with Crippen LogP contribution in [0.1, 0.15) is 0 Å². The average molecular weight is 188 g/mol. The fraction of sp³-hybridized carbons (Fsp3) is 0.667. The van der Waals surface area contributed by atoms with E-state index in [0.29, 0.717) is 5.75 Å². The maximum Gasteiger partial charge on any atom is 0.327 e. The minimum Gasteiger partial charge on any atom is -0.480 e. The van der Waals surface area contributed by atoms with Gasteiger partial charge in [-0.15, -0.1) is 11.8 Å². The Balaban J connectivity index is 2.16. The van der Waals surface area contributed by atoms with Gasteiger partial charge < -0.3 is 15.7 Å². The molecule has 2 heterocycles. The van der Waals surface area contributed by atoms with E-state index in [2.05, 4.69) is 0 Å². The van der Waals surface area contributed by atoms with E-state index in [1.807, 2.05) is 0 Å². The Kier molecular flexibility index (Phi) is 1.55. The smallest absolute Gasteiger partial charge is 0.327 e. The van der Waals surface area contributed by atoms with E-state index in [-0.39, 0.29) is 11.3 Å². The largest absolute Gasteiger partial charge is 0.480 e. The molecule has 2 aliphatic rings. The van der Waals surface area contributed by atoms with Gasteiger partial charge >= 0.3 is 5.97 Å². The zero-order valence-electron chi connectivity index (χ0n) is 6.14. The van der Waals surface area contributed by atoms with Crippen molar-refractivity contribution in [3.8, 4) is 0 Å². The van der Waals surface area contributed by atoms with E-state index >= 15 is 0 Å². The van der Waals surface area contributed by atoms with E-state index in [1.54, 1.807) is 0 Å². The van der Waals surface area contributed by atoms with Gasteiger partial charge in [0.25, 0.3) is 0 Å². The number of carboxylic acids is 1. The van der Waals surface area contributed by atoms with Crippen LogP contribution < -0.4 is 5.73 Å². The number of carboxylic acid groups (broad SMARTS) is 1. The standard InChI is InChI=1S/C6H8N2O3S/c7-3-4(9)8-2(6(10)11)1-12-5(3)8/h2-3,5H,1,7H2,(H,10,11)/t2?,3?,5-/m1/s1. The number of hydrogen-bond acceptors (Lipinski definition) is 4. The quantitative estimate of drug-likeness (QED) is 0.499. The van der Waals surface area contributed by atoms with Gasteiger partial charge in [-0.05, 0) is 0 Å². The Bertz CT molecular complexity index is 257. The lowest BCUT2D eigenvalue weighted by molar-refractivity contribution is -0.157. The molecular formula is C6H8N2O3S. The lowest BCUT2D eigenvalue weighted by Gasteiger charge is -2.41. The van der Waals surface area contributed by atoms with E-state index < -0.39 is 18.1 Å². The molecule has 2 saturated heterocycles. The molecule has 0 saturated carbocycles. The summed E-state index contributed by atoms with van der Waals surface area (Å²) in [6.07, 6.45) is 0. The summed E-state index contributed by atoms with van der Waals surface area (Å²) in [6, 6.07) is -1.15. The molecule has 66 valence electrons. The zero-order chi connectivity index (χ0) is 8.88. The predicted molar refractivity (Wildman–Crippen MR) is 42.5 cm³/mol. The molecule has 3 N–H and O–H groups in total. The van der Waals surface area contributed by atoms with Gasteiger partial charge in [-0.2, -0.15) is 0 Å². The molecule has 0 spiro atoms. The third-order valence-corrected chi connectivity index (χ3v) is 3.54. The molecule has 2 aliphatic heterocycles. The van der Waals surface area contributed by atoms with Crippen LogP contribution in [-0.2, 0) is 9.59 Å². The van der Waals surface area contributed by atoms with Crippen LogP contribution in [-0.4, -0.2) is 45.1 Å². The number of carbonyl (C=O) groups excluding carboxylic acids is 1. The Morgan fingerprint density at radius 1 is 1.75 bits per heavy atom. The first-order chi connectivity index (χ1) is 5.63. The number of aliphatic carboxylic acids is 1. The van der Waals surface area contributed by atoms with E-state index in [0.717, 1.165) is 0 Å². The van der Waals surface area contributed by atoms with Crippen LogP contribution >= 0.6 is 11.8 Å². The number of nitrogens with zero attached hydrogens (tertiary/aromatic N) is 1. The molecule has 2 fully saturated rings. The van der Waals surface area contributed by atoms with Gasteiger partial charge in [-0.25, -0.2) is 4.79 Å². The summed E-state index contributed by atoms with van der Waals surface area (Å²) in [5.74, 6) is -0.720. The van der Waals surface area contributed by atoms with Crippen molar-refractivity contribution >= 4 is 23.6 Å². The van der Waals surface area contributed by atoms with Crippen molar-refractivity contribution in [2.45, 2.75) is 17.5 Å². The second-order valence-corrected chi connectivity index (χ2v) is 4.00. The highest BCUT2D eigenvalue weighted by molar-refractivity contribution is 8.00. The van der Waals surface area contributed by atoms with Crippen LogP contribution in [0, 0.1) is 0 Å². The Morgan fingerprint density at radius 2 is 2.42 bits per heavy atom. The second kappa shape index (κ2) is 2.37. The molecule has 0 radical (unpaired) electrons. The van der Waals surface area contributed by atoms with Crippen molar-refractivity contribution in [1.29, 1.82) is 0 Å². The highest BCUT2D eigenvalue weighted by atomic mass is 32.2. The number of β-lactam (4-membered cyclic amide) rings is 1. The number of fused-ring (bicyclic) bond motifs is 1. The van der Waals surface area contributed by atoms with Gasteiger partial charge in [0.1, 0.15) is 17.5 Å². The molecule has 5 nitrogen and oxygen atoms in total.